The largest absolute Gasteiger partial charge is 0.491 e. The molecule has 1 heterocycles. The van der Waals surface area contributed by atoms with Gasteiger partial charge in [-0.05, 0) is 38.5 Å². The van der Waals surface area contributed by atoms with Crippen molar-refractivity contribution >= 4 is 16.9 Å². The first-order valence-electron chi connectivity index (χ1n) is 8.13. The molecule has 0 atom stereocenters. The Kier molecular flexibility index (Phi) is 4.74. The van der Waals surface area contributed by atoms with Crippen molar-refractivity contribution in [3.05, 3.63) is 64.7 Å². The highest BCUT2D eigenvalue weighted by Crippen LogP contribution is 2.27. The number of hydrogen-bond donors (Lipinski definition) is 1. The molecule has 0 aliphatic heterocycles. The fraction of sp³-hybridized carbons (Fsp3) is 0.250. The number of carbonyl (C=O) groups excluding carboxylic acids is 1. The minimum atomic E-state index is -0.474. The summed E-state index contributed by atoms with van der Waals surface area (Å²) in [6, 6.07) is 10.6. The second-order valence-corrected chi connectivity index (χ2v) is 6.05. The number of ether oxygens (including phenoxy) is 1. The molecule has 5 heteroatoms. The van der Waals surface area contributed by atoms with Gasteiger partial charge in [0, 0.05) is 10.9 Å². The van der Waals surface area contributed by atoms with Crippen LogP contribution < -0.4 is 10.1 Å². The molecule has 0 bridgehead atoms. The van der Waals surface area contributed by atoms with Gasteiger partial charge in [-0.25, -0.2) is 4.39 Å². The Hall–Kier alpha value is -2.82. The number of rotatable bonds is 5. The summed E-state index contributed by atoms with van der Waals surface area (Å²) in [5.41, 5.74) is 2.96. The standard InChI is InChI=1S/C20H20FNO3/c1-12-7-8-17(13(2)11-12)24-10-9-22-20(23)18-14(3)15-5-4-6-16(21)19(15)25-18/h4-8,11H,9-10H2,1-3H3,(H,22,23). The van der Waals surface area contributed by atoms with Gasteiger partial charge in [0.2, 0.25) is 0 Å². The van der Waals surface area contributed by atoms with E-state index in [1.54, 1.807) is 19.1 Å². The highest BCUT2D eigenvalue weighted by molar-refractivity contribution is 5.98. The smallest absolute Gasteiger partial charge is 0.287 e. The lowest BCUT2D eigenvalue weighted by Crippen LogP contribution is -2.28. The van der Waals surface area contributed by atoms with Crippen LogP contribution >= 0.6 is 0 Å². The molecule has 1 aromatic heterocycles. The van der Waals surface area contributed by atoms with Crippen LogP contribution in [-0.2, 0) is 0 Å². The number of benzene rings is 2. The van der Waals surface area contributed by atoms with E-state index in [0.717, 1.165) is 11.3 Å². The van der Waals surface area contributed by atoms with Crippen LogP contribution in [0.3, 0.4) is 0 Å². The first-order valence-corrected chi connectivity index (χ1v) is 8.13. The number of fused-ring (bicyclic) bond motifs is 1. The fourth-order valence-corrected chi connectivity index (χ4v) is 2.79. The summed E-state index contributed by atoms with van der Waals surface area (Å²) >= 11 is 0. The van der Waals surface area contributed by atoms with Crippen molar-refractivity contribution in [2.45, 2.75) is 20.8 Å². The van der Waals surface area contributed by atoms with Crippen molar-refractivity contribution in [2.24, 2.45) is 0 Å². The zero-order valence-corrected chi connectivity index (χ0v) is 14.5. The van der Waals surface area contributed by atoms with Crippen LogP contribution in [0.5, 0.6) is 5.75 Å². The summed E-state index contributed by atoms with van der Waals surface area (Å²) in [5.74, 6) is 0.0728. The fourth-order valence-electron chi connectivity index (χ4n) is 2.79. The predicted molar refractivity (Wildman–Crippen MR) is 94.7 cm³/mol. The summed E-state index contributed by atoms with van der Waals surface area (Å²) in [7, 11) is 0. The zero-order valence-electron chi connectivity index (χ0n) is 14.5. The van der Waals surface area contributed by atoms with Crippen LogP contribution in [-0.4, -0.2) is 19.1 Å². The van der Waals surface area contributed by atoms with Crippen LogP contribution in [0, 0.1) is 26.6 Å². The van der Waals surface area contributed by atoms with Gasteiger partial charge in [-0.2, -0.15) is 0 Å². The van der Waals surface area contributed by atoms with Gasteiger partial charge in [0.25, 0.3) is 5.91 Å². The molecular weight excluding hydrogens is 321 g/mol. The molecule has 25 heavy (non-hydrogen) atoms. The molecule has 0 spiro atoms. The van der Waals surface area contributed by atoms with Crippen LogP contribution in [0.25, 0.3) is 11.0 Å². The Morgan fingerprint density at radius 2 is 2.00 bits per heavy atom. The van der Waals surface area contributed by atoms with Crippen molar-refractivity contribution in [2.75, 3.05) is 13.2 Å². The zero-order chi connectivity index (χ0) is 18.0. The van der Waals surface area contributed by atoms with Crippen molar-refractivity contribution in [1.82, 2.24) is 5.32 Å². The number of nitrogens with one attached hydrogen (secondary N) is 1. The molecule has 1 N–H and O–H groups in total. The van der Waals surface area contributed by atoms with Crippen molar-refractivity contribution < 1.29 is 18.3 Å². The second-order valence-electron chi connectivity index (χ2n) is 6.05. The molecule has 4 nitrogen and oxygen atoms in total. The lowest BCUT2D eigenvalue weighted by atomic mass is 10.1. The maximum absolute atomic E-state index is 13.8. The first-order chi connectivity index (χ1) is 12.0. The molecule has 0 fully saturated rings. The van der Waals surface area contributed by atoms with Crippen molar-refractivity contribution in [3.8, 4) is 5.75 Å². The number of halogens is 1. The Balaban J connectivity index is 1.61. The molecule has 0 aliphatic carbocycles. The number of furan rings is 1. The Morgan fingerprint density at radius 3 is 2.72 bits per heavy atom. The molecule has 0 saturated heterocycles. The monoisotopic (exact) mass is 341 g/mol. The predicted octanol–water partition coefficient (Wildman–Crippen LogP) is 4.31. The minimum Gasteiger partial charge on any atom is -0.491 e. The minimum absolute atomic E-state index is 0.108. The van der Waals surface area contributed by atoms with E-state index in [1.807, 2.05) is 32.0 Å². The third kappa shape index (κ3) is 3.50. The van der Waals surface area contributed by atoms with Gasteiger partial charge in [-0.1, -0.05) is 29.8 Å². The molecule has 0 aliphatic rings. The first kappa shape index (κ1) is 17.0. The summed E-state index contributed by atoms with van der Waals surface area (Å²) in [6.07, 6.45) is 0. The molecule has 1 amide bonds. The molecule has 130 valence electrons. The van der Waals surface area contributed by atoms with Crippen molar-refractivity contribution in [3.63, 3.8) is 0 Å². The van der Waals surface area contributed by atoms with Gasteiger partial charge in [-0.15, -0.1) is 0 Å². The second kappa shape index (κ2) is 6.97. The van der Waals surface area contributed by atoms with Crippen LogP contribution in [0.4, 0.5) is 4.39 Å². The topological polar surface area (TPSA) is 51.5 Å². The summed E-state index contributed by atoms with van der Waals surface area (Å²) < 4.78 is 24.9. The van der Waals surface area contributed by atoms with Gasteiger partial charge in [0.1, 0.15) is 12.4 Å². The van der Waals surface area contributed by atoms with Gasteiger partial charge in [0.05, 0.1) is 6.54 Å². The maximum Gasteiger partial charge on any atom is 0.287 e. The Labute approximate surface area is 145 Å². The van der Waals surface area contributed by atoms with Crippen LogP contribution in [0.15, 0.2) is 40.8 Å². The molecule has 0 saturated carbocycles. The Bertz CT molecular complexity index is 930. The number of para-hydroxylation sites is 1. The van der Waals surface area contributed by atoms with E-state index in [-0.39, 0.29) is 17.3 Å². The lowest BCUT2D eigenvalue weighted by Gasteiger charge is -2.10. The molecule has 3 aromatic rings. The Morgan fingerprint density at radius 1 is 1.20 bits per heavy atom. The number of aryl methyl sites for hydroxylation is 3. The van der Waals surface area contributed by atoms with Gasteiger partial charge in [0.15, 0.2) is 17.2 Å². The van der Waals surface area contributed by atoms with E-state index in [4.69, 9.17) is 9.15 Å². The van der Waals surface area contributed by atoms with Crippen LogP contribution in [0.2, 0.25) is 0 Å². The highest BCUT2D eigenvalue weighted by Gasteiger charge is 2.19. The average molecular weight is 341 g/mol. The third-order valence-electron chi connectivity index (χ3n) is 4.10. The van der Waals surface area contributed by atoms with E-state index < -0.39 is 5.82 Å². The van der Waals surface area contributed by atoms with E-state index >= 15 is 0 Å². The van der Waals surface area contributed by atoms with Crippen LogP contribution in [0.1, 0.15) is 27.2 Å². The molecule has 3 rings (SSSR count). The third-order valence-corrected chi connectivity index (χ3v) is 4.10. The summed E-state index contributed by atoms with van der Waals surface area (Å²) in [4.78, 5) is 12.3. The molecule has 0 radical (unpaired) electrons. The van der Waals surface area contributed by atoms with Gasteiger partial charge >= 0.3 is 0 Å². The number of amides is 1. The molecule has 0 unspecified atom stereocenters. The number of carbonyl (C=O) groups is 1. The number of hydrogen-bond acceptors (Lipinski definition) is 3. The van der Waals surface area contributed by atoms with E-state index in [1.165, 1.54) is 11.6 Å². The SMILES string of the molecule is Cc1ccc(OCCNC(=O)c2oc3c(F)cccc3c2C)c(C)c1. The lowest BCUT2D eigenvalue weighted by molar-refractivity contribution is 0.0920. The summed E-state index contributed by atoms with van der Waals surface area (Å²) in [5, 5.41) is 3.35. The van der Waals surface area contributed by atoms with E-state index in [9.17, 15) is 9.18 Å². The quantitative estimate of drug-likeness (QED) is 0.704. The molecular formula is C20H20FNO3. The maximum atomic E-state index is 13.8. The van der Waals surface area contributed by atoms with E-state index in [2.05, 4.69) is 5.32 Å². The van der Waals surface area contributed by atoms with Gasteiger partial charge in [-0.3, -0.25) is 4.79 Å². The average Bonchev–Trinajstić information content (AvgIpc) is 2.92. The van der Waals surface area contributed by atoms with Crippen molar-refractivity contribution in [1.29, 1.82) is 0 Å². The van der Waals surface area contributed by atoms with E-state index in [0.29, 0.717) is 24.1 Å². The van der Waals surface area contributed by atoms with Gasteiger partial charge < -0.3 is 14.5 Å². The highest BCUT2D eigenvalue weighted by atomic mass is 19.1. The summed E-state index contributed by atoms with van der Waals surface area (Å²) in [6.45, 7) is 6.41. The normalized spacial score (nSPS) is 10.9. The molecule has 2 aromatic carbocycles.